The van der Waals surface area contributed by atoms with E-state index in [0.717, 1.165) is 5.82 Å². The molecule has 11 heteroatoms. The molecule has 0 spiro atoms. The van der Waals surface area contributed by atoms with Crippen LogP contribution in [0.3, 0.4) is 0 Å². The van der Waals surface area contributed by atoms with Gasteiger partial charge in [-0.3, -0.25) is 14.6 Å². The van der Waals surface area contributed by atoms with Crippen molar-refractivity contribution < 1.29 is 13.2 Å². The molecule has 1 saturated heterocycles. The van der Waals surface area contributed by atoms with Crippen LogP contribution in [0.5, 0.6) is 0 Å². The van der Waals surface area contributed by atoms with E-state index in [-0.39, 0.29) is 30.0 Å². The number of nitrogens with zero attached hydrogens (tertiary/aromatic N) is 5. The van der Waals surface area contributed by atoms with E-state index in [4.69, 9.17) is 0 Å². The molecule has 0 aliphatic carbocycles. The van der Waals surface area contributed by atoms with Gasteiger partial charge in [0.25, 0.3) is 0 Å². The average molecular weight is 447 g/mol. The third-order valence-corrected chi connectivity index (χ3v) is 3.46. The number of guanidine groups is 1. The first-order valence-electron chi connectivity index (χ1n) is 6.96. The van der Waals surface area contributed by atoms with Gasteiger partial charge in [-0.2, -0.15) is 18.3 Å². The topological polar surface area (TPSA) is 70.4 Å². The Morgan fingerprint density at radius 1 is 1.48 bits per heavy atom. The second-order valence-electron chi connectivity index (χ2n) is 5.21. The number of hydrogen-bond acceptors (Lipinski definition) is 4. The Morgan fingerprint density at radius 3 is 2.78 bits per heavy atom. The molecular weight excluding hydrogens is 426 g/mol. The standard InChI is InChI=1S/C12H20F3N7.HI/c1-16-11(17-5-10-18-8-19-21(10)2)20-9-3-4-22(6-9)7-12(13,14)15;/h8-9H,3-7H2,1-2H3,(H2,16,17,20);1H. The fraction of sp³-hybridized carbons (Fsp3) is 0.750. The van der Waals surface area contributed by atoms with Crippen molar-refractivity contribution in [3.05, 3.63) is 12.2 Å². The lowest BCUT2D eigenvalue weighted by Crippen LogP contribution is -2.45. The zero-order valence-corrected chi connectivity index (χ0v) is 15.3. The van der Waals surface area contributed by atoms with Crippen LogP contribution in [0.1, 0.15) is 12.2 Å². The number of alkyl halides is 3. The van der Waals surface area contributed by atoms with Crippen LogP contribution in [0.4, 0.5) is 13.2 Å². The van der Waals surface area contributed by atoms with Crippen molar-refractivity contribution in [3.63, 3.8) is 0 Å². The highest BCUT2D eigenvalue weighted by atomic mass is 127. The second-order valence-corrected chi connectivity index (χ2v) is 5.21. The summed E-state index contributed by atoms with van der Waals surface area (Å²) in [5, 5.41) is 10.2. The Bertz CT molecular complexity index is 517. The molecule has 1 aliphatic heterocycles. The maximum absolute atomic E-state index is 12.4. The molecule has 1 unspecified atom stereocenters. The van der Waals surface area contributed by atoms with Crippen molar-refractivity contribution in [2.75, 3.05) is 26.7 Å². The van der Waals surface area contributed by atoms with Crippen molar-refractivity contribution in [1.82, 2.24) is 30.3 Å². The molecular formula is C12H21F3IN7. The van der Waals surface area contributed by atoms with Crippen molar-refractivity contribution in [2.45, 2.75) is 25.2 Å². The molecule has 0 saturated carbocycles. The maximum Gasteiger partial charge on any atom is 0.401 e. The summed E-state index contributed by atoms with van der Waals surface area (Å²) in [6, 6.07) is -0.0481. The van der Waals surface area contributed by atoms with Crippen LogP contribution in [-0.4, -0.2) is 64.5 Å². The monoisotopic (exact) mass is 447 g/mol. The summed E-state index contributed by atoms with van der Waals surface area (Å²) in [7, 11) is 3.40. The van der Waals surface area contributed by atoms with E-state index in [2.05, 4.69) is 25.7 Å². The number of aryl methyl sites for hydroxylation is 1. The SMILES string of the molecule is CN=C(NCc1ncnn1C)NC1CCN(CC(F)(F)F)C1.I. The largest absolute Gasteiger partial charge is 0.401 e. The lowest BCUT2D eigenvalue weighted by molar-refractivity contribution is -0.143. The Balaban J connectivity index is 0.00000264. The Hall–Kier alpha value is -1.11. The molecule has 0 bridgehead atoms. The molecule has 1 aliphatic rings. The third-order valence-electron chi connectivity index (χ3n) is 3.46. The fourth-order valence-electron chi connectivity index (χ4n) is 2.38. The Morgan fingerprint density at radius 2 is 2.22 bits per heavy atom. The zero-order chi connectivity index (χ0) is 16.2. The van der Waals surface area contributed by atoms with Gasteiger partial charge in [0.2, 0.25) is 0 Å². The summed E-state index contributed by atoms with van der Waals surface area (Å²) in [6.45, 7) is 0.354. The van der Waals surface area contributed by atoms with Crippen molar-refractivity contribution in [1.29, 1.82) is 0 Å². The fourth-order valence-corrected chi connectivity index (χ4v) is 2.38. The quantitative estimate of drug-likeness (QED) is 0.405. The minimum atomic E-state index is -4.15. The normalized spacial score (nSPS) is 19.5. The summed E-state index contributed by atoms with van der Waals surface area (Å²) in [5.74, 6) is 1.29. The van der Waals surface area contributed by atoms with Gasteiger partial charge in [0.15, 0.2) is 5.96 Å². The zero-order valence-electron chi connectivity index (χ0n) is 13.0. The molecule has 0 aromatic carbocycles. The van der Waals surface area contributed by atoms with Crippen molar-refractivity contribution in [2.24, 2.45) is 12.0 Å². The molecule has 1 aromatic heterocycles. The van der Waals surface area contributed by atoms with Crippen molar-refractivity contribution in [3.8, 4) is 0 Å². The molecule has 1 fully saturated rings. The van der Waals surface area contributed by atoms with Gasteiger partial charge in [-0.05, 0) is 6.42 Å². The lowest BCUT2D eigenvalue weighted by atomic mass is 10.3. The highest BCUT2D eigenvalue weighted by Crippen LogP contribution is 2.19. The summed E-state index contributed by atoms with van der Waals surface area (Å²) in [5.41, 5.74) is 0. The Kier molecular flexibility index (Phi) is 7.51. The van der Waals surface area contributed by atoms with E-state index in [9.17, 15) is 13.2 Å². The van der Waals surface area contributed by atoms with Crippen LogP contribution in [-0.2, 0) is 13.6 Å². The predicted molar refractivity (Wildman–Crippen MR) is 90.7 cm³/mol. The minimum absolute atomic E-state index is 0. The predicted octanol–water partition coefficient (Wildman–Crippen LogP) is 0.735. The number of hydrogen-bond donors (Lipinski definition) is 2. The minimum Gasteiger partial charge on any atom is -0.352 e. The van der Waals surface area contributed by atoms with Crippen molar-refractivity contribution >= 4 is 29.9 Å². The van der Waals surface area contributed by atoms with Crippen LogP contribution >= 0.6 is 24.0 Å². The van der Waals surface area contributed by atoms with Crippen LogP contribution in [0.2, 0.25) is 0 Å². The molecule has 7 nitrogen and oxygen atoms in total. The molecule has 2 heterocycles. The molecule has 132 valence electrons. The highest BCUT2D eigenvalue weighted by molar-refractivity contribution is 14.0. The van der Waals surface area contributed by atoms with Crippen LogP contribution < -0.4 is 10.6 Å². The van der Waals surface area contributed by atoms with E-state index < -0.39 is 12.7 Å². The van der Waals surface area contributed by atoms with Crippen LogP contribution in [0.15, 0.2) is 11.3 Å². The molecule has 2 N–H and O–H groups in total. The maximum atomic E-state index is 12.4. The lowest BCUT2D eigenvalue weighted by Gasteiger charge is -2.19. The summed E-state index contributed by atoms with van der Waals surface area (Å²) in [4.78, 5) is 9.55. The first-order valence-corrected chi connectivity index (χ1v) is 6.96. The summed E-state index contributed by atoms with van der Waals surface area (Å²) >= 11 is 0. The molecule has 23 heavy (non-hydrogen) atoms. The number of aromatic nitrogens is 3. The summed E-state index contributed by atoms with van der Waals surface area (Å²) in [6.07, 6.45) is -2.04. The van der Waals surface area contributed by atoms with Gasteiger partial charge >= 0.3 is 6.18 Å². The molecule has 0 amide bonds. The highest BCUT2D eigenvalue weighted by Gasteiger charge is 2.34. The Labute approximate surface area is 149 Å². The summed E-state index contributed by atoms with van der Waals surface area (Å²) < 4.78 is 38.7. The van der Waals surface area contributed by atoms with Gasteiger partial charge in [-0.1, -0.05) is 0 Å². The van der Waals surface area contributed by atoms with E-state index in [1.165, 1.54) is 11.2 Å². The number of likely N-dealkylation sites (tertiary alicyclic amines) is 1. The van der Waals surface area contributed by atoms with Gasteiger partial charge < -0.3 is 10.6 Å². The molecule has 0 radical (unpaired) electrons. The van der Waals surface area contributed by atoms with E-state index in [1.54, 1.807) is 18.8 Å². The smallest absolute Gasteiger partial charge is 0.352 e. The van der Waals surface area contributed by atoms with Gasteiger partial charge in [-0.15, -0.1) is 24.0 Å². The molecule has 2 rings (SSSR count). The molecule has 1 atom stereocenters. The number of nitrogens with one attached hydrogen (secondary N) is 2. The van der Waals surface area contributed by atoms with Crippen LogP contribution in [0, 0.1) is 0 Å². The first-order chi connectivity index (χ1) is 10.4. The number of aliphatic imine (C=N–C) groups is 1. The van der Waals surface area contributed by atoms with E-state index in [0.29, 0.717) is 32.0 Å². The van der Waals surface area contributed by atoms with Gasteiger partial charge in [0.05, 0.1) is 13.1 Å². The average Bonchev–Trinajstić information content (AvgIpc) is 3.02. The number of halogens is 4. The van der Waals surface area contributed by atoms with Gasteiger partial charge in [0, 0.05) is 33.2 Å². The van der Waals surface area contributed by atoms with Crippen LogP contribution in [0.25, 0.3) is 0 Å². The van der Waals surface area contributed by atoms with E-state index >= 15 is 0 Å². The molecule has 1 aromatic rings. The first kappa shape index (κ1) is 19.9. The third kappa shape index (κ3) is 6.49. The second kappa shape index (κ2) is 8.66. The van der Waals surface area contributed by atoms with Gasteiger partial charge in [-0.25, -0.2) is 4.98 Å². The van der Waals surface area contributed by atoms with E-state index in [1.807, 2.05) is 0 Å². The number of rotatable bonds is 4. The van der Waals surface area contributed by atoms with Gasteiger partial charge in [0.1, 0.15) is 12.2 Å².